The van der Waals surface area contributed by atoms with E-state index in [1.54, 1.807) is 19.2 Å². The van der Waals surface area contributed by atoms with Crippen molar-refractivity contribution < 1.29 is 9.21 Å². The Balaban J connectivity index is 1.26. The first-order valence-electron chi connectivity index (χ1n) is 13.8. The van der Waals surface area contributed by atoms with E-state index in [1.807, 2.05) is 11.8 Å². The van der Waals surface area contributed by atoms with Gasteiger partial charge in [0, 0.05) is 58.4 Å². The molecule has 2 fully saturated rings. The van der Waals surface area contributed by atoms with Crippen LogP contribution in [0.2, 0.25) is 10.3 Å². The van der Waals surface area contributed by atoms with E-state index in [4.69, 9.17) is 33.4 Å². The SMILES string of the molecule is CCNc1nnc(-c2nc(Cl)c(N3CCN(C4CCN(C(=O)c5ccc(Cl)nc5N)CC4)[C@@H](CC)C3)n(C)c2=O)o1. The molecule has 0 radical (unpaired) electrons. The molecule has 2 saturated heterocycles. The third kappa shape index (κ3) is 5.84. The van der Waals surface area contributed by atoms with Crippen LogP contribution in [-0.4, -0.2) is 91.8 Å². The molecule has 3 aromatic heterocycles. The highest BCUT2D eigenvalue weighted by molar-refractivity contribution is 6.31. The van der Waals surface area contributed by atoms with Crippen molar-refractivity contribution in [1.82, 2.24) is 34.5 Å². The smallest absolute Gasteiger partial charge is 0.315 e. The van der Waals surface area contributed by atoms with Crippen LogP contribution in [0, 0.1) is 0 Å². The summed E-state index contributed by atoms with van der Waals surface area (Å²) in [6.07, 6.45) is 2.64. The number of nitrogens with zero attached hydrogens (tertiary/aromatic N) is 8. The standard InChI is InChI=1S/C26H34Cl2N10O3/c1-4-15-14-37(23-20(28)32-19(25(40)35(23)3)22-33-34-26(41-22)30-5-2)12-13-38(15)16-8-10-36(11-9-16)24(39)17-6-7-18(27)31-21(17)29/h6-7,15-16H,4-5,8-14H2,1-3H3,(H2,29,31)(H,30,34)/t15-/m0/s1. The van der Waals surface area contributed by atoms with Crippen molar-refractivity contribution in [2.75, 3.05) is 55.2 Å². The number of aromatic nitrogens is 5. The van der Waals surface area contributed by atoms with Crippen molar-refractivity contribution in [1.29, 1.82) is 0 Å². The number of carbonyl (C=O) groups is 1. The van der Waals surface area contributed by atoms with Crippen LogP contribution >= 0.6 is 23.2 Å². The number of halogens is 2. The van der Waals surface area contributed by atoms with Crippen LogP contribution in [0.25, 0.3) is 11.6 Å². The second-order valence-corrected chi connectivity index (χ2v) is 11.0. The third-order valence-electron chi connectivity index (χ3n) is 7.82. The van der Waals surface area contributed by atoms with E-state index < -0.39 is 0 Å². The molecule has 0 aromatic carbocycles. The molecule has 0 saturated carbocycles. The number of hydrogen-bond acceptors (Lipinski definition) is 11. The molecule has 220 valence electrons. The summed E-state index contributed by atoms with van der Waals surface area (Å²) in [6, 6.07) is 4.02. The minimum atomic E-state index is -0.361. The number of nitrogens with one attached hydrogen (secondary N) is 1. The Morgan fingerprint density at radius 1 is 1.12 bits per heavy atom. The van der Waals surface area contributed by atoms with Crippen LogP contribution in [0.3, 0.4) is 0 Å². The molecule has 0 bridgehead atoms. The van der Waals surface area contributed by atoms with Gasteiger partial charge in [0.1, 0.15) is 16.8 Å². The molecular formula is C26H34Cl2N10O3. The minimum Gasteiger partial charge on any atom is -0.401 e. The quantitative estimate of drug-likeness (QED) is 0.383. The van der Waals surface area contributed by atoms with E-state index in [-0.39, 0.29) is 51.2 Å². The first-order valence-corrected chi connectivity index (χ1v) is 14.5. The molecule has 0 spiro atoms. The zero-order chi connectivity index (χ0) is 29.3. The fraction of sp³-hybridized carbons (Fsp3) is 0.538. The first-order chi connectivity index (χ1) is 19.7. The predicted molar refractivity (Wildman–Crippen MR) is 158 cm³/mol. The molecule has 0 unspecified atom stereocenters. The van der Waals surface area contributed by atoms with Crippen LogP contribution in [0.5, 0.6) is 0 Å². The highest BCUT2D eigenvalue weighted by atomic mass is 35.5. The largest absolute Gasteiger partial charge is 0.401 e. The summed E-state index contributed by atoms with van der Waals surface area (Å²) in [4.78, 5) is 41.2. The first kappa shape index (κ1) is 29.1. The van der Waals surface area contributed by atoms with E-state index in [0.29, 0.717) is 50.1 Å². The second-order valence-electron chi connectivity index (χ2n) is 10.2. The topological polar surface area (TPSA) is 152 Å². The molecule has 5 heterocycles. The summed E-state index contributed by atoms with van der Waals surface area (Å²) in [5.74, 6) is 0.621. The molecule has 15 heteroatoms. The zero-order valence-corrected chi connectivity index (χ0v) is 24.8. The van der Waals surface area contributed by atoms with Gasteiger partial charge >= 0.3 is 6.01 Å². The van der Waals surface area contributed by atoms with Gasteiger partial charge < -0.3 is 25.3 Å². The maximum absolute atomic E-state index is 13.2. The van der Waals surface area contributed by atoms with Crippen molar-refractivity contribution in [2.45, 2.75) is 45.2 Å². The van der Waals surface area contributed by atoms with Crippen molar-refractivity contribution >= 4 is 46.8 Å². The molecule has 1 atom stereocenters. The zero-order valence-electron chi connectivity index (χ0n) is 23.3. The van der Waals surface area contributed by atoms with Gasteiger partial charge in [-0.25, -0.2) is 9.97 Å². The summed E-state index contributed by atoms with van der Waals surface area (Å²) in [5.41, 5.74) is 5.98. The van der Waals surface area contributed by atoms with Crippen molar-refractivity contribution in [2.24, 2.45) is 7.05 Å². The molecule has 0 aliphatic carbocycles. The molecule has 2 aliphatic rings. The normalized spacial score (nSPS) is 18.6. The van der Waals surface area contributed by atoms with Gasteiger partial charge in [0.15, 0.2) is 10.8 Å². The number of piperazine rings is 1. The number of carbonyl (C=O) groups excluding carboxylic acids is 1. The van der Waals surface area contributed by atoms with Gasteiger partial charge in [-0.15, -0.1) is 5.10 Å². The van der Waals surface area contributed by atoms with Crippen LogP contribution in [0.1, 0.15) is 43.5 Å². The summed E-state index contributed by atoms with van der Waals surface area (Å²) < 4.78 is 7.04. The Hall–Kier alpha value is -3.42. The lowest BCUT2D eigenvalue weighted by atomic mass is 9.97. The molecule has 1 amide bonds. The lowest BCUT2D eigenvalue weighted by Crippen LogP contribution is -2.59. The second kappa shape index (κ2) is 12.2. The van der Waals surface area contributed by atoms with E-state index in [2.05, 4.69) is 42.2 Å². The van der Waals surface area contributed by atoms with Crippen LogP contribution in [-0.2, 0) is 7.05 Å². The summed E-state index contributed by atoms with van der Waals surface area (Å²) in [5, 5.41) is 11.2. The number of anilines is 3. The van der Waals surface area contributed by atoms with E-state index in [1.165, 1.54) is 4.57 Å². The maximum Gasteiger partial charge on any atom is 0.315 e. The number of nitrogen functional groups attached to an aromatic ring is 1. The fourth-order valence-corrected chi connectivity index (χ4v) is 6.21. The number of piperidine rings is 1. The van der Waals surface area contributed by atoms with Crippen LogP contribution in [0.4, 0.5) is 17.7 Å². The van der Waals surface area contributed by atoms with E-state index in [9.17, 15) is 9.59 Å². The summed E-state index contributed by atoms with van der Waals surface area (Å²) >= 11 is 12.6. The van der Waals surface area contributed by atoms with Gasteiger partial charge in [-0.2, -0.15) is 0 Å². The Labute approximate surface area is 247 Å². The molecule has 2 aliphatic heterocycles. The van der Waals surface area contributed by atoms with Gasteiger partial charge in [-0.3, -0.25) is 19.1 Å². The minimum absolute atomic E-state index is 0.0148. The average Bonchev–Trinajstić information content (AvgIpc) is 3.43. The van der Waals surface area contributed by atoms with Crippen molar-refractivity contribution in [3.63, 3.8) is 0 Å². The molecule has 41 heavy (non-hydrogen) atoms. The third-order valence-corrected chi connectivity index (χ3v) is 8.28. The predicted octanol–water partition coefficient (Wildman–Crippen LogP) is 2.75. The number of rotatable bonds is 7. The Kier molecular flexibility index (Phi) is 8.66. The van der Waals surface area contributed by atoms with Gasteiger partial charge in [0.2, 0.25) is 0 Å². The number of pyridine rings is 1. The van der Waals surface area contributed by atoms with Crippen molar-refractivity contribution in [3.05, 3.63) is 38.4 Å². The molecule has 3 aromatic rings. The van der Waals surface area contributed by atoms with Gasteiger partial charge in [-0.1, -0.05) is 35.2 Å². The van der Waals surface area contributed by atoms with Crippen LogP contribution < -0.4 is 21.5 Å². The monoisotopic (exact) mass is 604 g/mol. The van der Waals surface area contributed by atoms with E-state index in [0.717, 1.165) is 25.8 Å². The Bertz CT molecular complexity index is 1470. The Morgan fingerprint density at radius 2 is 1.88 bits per heavy atom. The lowest BCUT2D eigenvalue weighted by Gasteiger charge is -2.48. The number of hydrogen-bond donors (Lipinski definition) is 2. The molecule has 3 N–H and O–H groups in total. The average molecular weight is 606 g/mol. The number of amides is 1. The van der Waals surface area contributed by atoms with Gasteiger partial charge in [0.05, 0.1) is 5.56 Å². The summed E-state index contributed by atoms with van der Waals surface area (Å²) in [7, 11) is 1.68. The fourth-order valence-electron chi connectivity index (χ4n) is 5.72. The maximum atomic E-state index is 13.2. The molecular weight excluding hydrogens is 571 g/mol. The molecule has 13 nitrogen and oxygen atoms in total. The van der Waals surface area contributed by atoms with Crippen LogP contribution in [0.15, 0.2) is 21.3 Å². The van der Waals surface area contributed by atoms with Gasteiger partial charge in [0.25, 0.3) is 17.4 Å². The van der Waals surface area contributed by atoms with E-state index >= 15 is 0 Å². The highest BCUT2D eigenvalue weighted by Crippen LogP contribution is 2.30. The van der Waals surface area contributed by atoms with Crippen molar-refractivity contribution in [3.8, 4) is 11.6 Å². The number of nitrogens with two attached hydrogens (primary N) is 1. The molecule has 5 rings (SSSR count). The lowest BCUT2D eigenvalue weighted by molar-refractivity contribution is 0.0490. The highest BCUT2D eigenvalue weighted by Gasteiger charge is 2.36. The number of likely N-dealkylation sites (tertiary alicyclic amines) is 1. The summed E-state index contributed by atoms with van der Waals surface area (Å²) in [6.45, 7) is 8.12. The van der Waals surface area contributed by atoms with Gasteiger partial charge in [-0.05, 0) is 38.3 Å². The Morgan fingerprint density at radius 3 is 2.56 bits per heavy atom.